The molecule has 2 aromatic rings. The molecule has 26 heavy (non-hydrogen) atoms. The molecule has 0 unspecified atom stereocenters. The fourth-order valence-electron chi connectivity index (χ4n) is 2.63. The minimum absolute atomic E-state index is 0.118. The molecule has 3 N–H and O–H groups in total. The standard InChI is InChI=1S/C19H26N4O2S/c1-12-6-7-15(21-14(3)24)10-16(12)22-19(25)20-11-17(23(4)5)18-13(2)8-9-26-18/h6-10,17H,11H2,1-5H3,(H,21,24)(H2,20,22,25)/t17-/m0/s1. The van der Waals surface area contributed by atoms with Gasteiger partial charge in [0.05, 0.1) is 6.04 Å². The number of aryl methyl sites for hydroxylation is 2. The van der Waals surface area contributed by atoms with Crippen molar-refractivity contribution >= 4 is 34.6 Å². The zero-order valence-corrected chi connectivity index (χ0v) is 16.7. The van der Waals surface area contributed by atoms with Gasteiger partial charge in [-0.25, -0.2) is 4.79 Å². The molecular weight excluding hydrogens is 348 g/mol. The smallest absolute Gasteiger partial charge is 0.319 e. The number of carbonyl (C=O) groups excluding carboxylic acids is 2. The van der Waals surface area contributed by atoms with Crippen molar-refractivity contribution in [2.45, 2.75) is 26.8 Å². The number of nitrogens with zero attached hydrogens (tertiary/aromatic N) is 1. The van der Waals surface area contributed by atoms with E-state index < -0.39 is 0 Å². The molecule has 3 amide bonds. The number of thiophene rings is 1. The third-order valence-electron chi connectivity index (χ3n) is 4.09. The quantitative estimate of drug-likeness (QED) is 0.721. The van der Waals surface area contributed by atoms with Crippen LogP contribution in [0.25, 0.3) is 0 Å². The summed E-state index contributed by atoms with van der Waals surface area (Å²) >= 11 is 1.70. The predicted octanol–water partition coefficient (Wildman–Crippen LogP) is 3.75. The van der Waals surface area contributed by atoms with Gasteiger partial charge in [-0.1, -0.05) is 6.07 Å². The largest absolute Gasteiger partial charge is 0.336 e. The van der Waals surface area contributed by atoms with Crippen LogP contribution in [0.1, 0.15) is 29.0 Å². The van der Waals surface area contributed by atoms with Crippen molar-refractivity contribution in [3.63, 3.8) is 0 Å². The van der Waals surface area contributed by atoms with Crippen molar-refractivity contribution in [2.24, 2.45) is 0 Å². The van der Waals surface area contributed by atoms with E-state index in [0.717, 1.165) is 5.56 Å². The molecule has 0 aliphatic carbocycles. The summed E-state index contributed by atoms with van der Waals surface area (Å²) in [6.45, 7) is 5.95. The van der Waals surface area contributed by atoms with Crippen molar-refractivity contribution in [3.05, 3.63) is 45.6 Å². The highest BCUT2D eigenvalue weighted by Crippen LogP contribution is 2.27. The monoisotopic (exact) mass is 374 g/mol. The normalized spacial score (nSPS) is 11.9. The molecule has 0 saturated carbocycles. The first-order valence-electron chi connectivity index (χ1n) is 8.41. The molecule has 0 aliphatic rings. The fraction of sp³-hybridized carbons (Fsp3) is 0.368. The Morgan fingerprint density at radius 3 is 2.42 bits per heavy atom. The summed E-state index contributed by atoms with van der Waals surface area (Å²) in [7, 11) is 4.01. The van der Waals surface area contributed by atoms with Crippen LogP contribution in [-0.4, -0.2) is 37.5 Å². The SMILES string of the molecule is CC(=O)Nc1ccc(C)c(NC(=O)NC[C@@H](c2sccc2C)N(C)C)c1. The van der Waals surface area contributed by atoms with Crippen molar-refractivity contribution in [2.75, 3.05) is 31.3 Å². The minimum Gasteiger partial charge on any atom is -0.336 e. The van der Waals surface area contributed by atoms with E-state index in [1.165, 1.54) is 17.4 Å². The molecule has 0 spiro atoms. The van der Waals surface area contributed by atoms with Gasteiger partial charge in [0.25, 0.3) is 0 Å². The molecule has 7 heteroatoms. The summed E-state index contributed by atoms with van der Waals surface area (Å²) in [5, 5.41) is 10.6. The maximum Gasteiger partial charge on any atom is 0.319 e. The van der Waals surface area contributed by atoms with E-state index >= 15 is 0 Å². The molecule has 6 nitrogen and oxygen atoms in total. The van der Waals surface area contributed by atoms with Crippen LogP contribution >= 0.6 is 11.3 Å². The first kappa shape index (κ1) is 19.9. The Bertz CT molecular complexity index is 786. The molecule has 1 heterocycles. The van der Waals surface area contributed by atoms with Gasteiger partial charge in [-0.3, -0.25) is 4.79 Å². The number of nitrogens with one attached hydrogen (secondary N) is 3. The number of carbonyl (C=O) groups is 2. The highest BCUT2D eigenvalue weighted by molar-refractivity contribution is 7.10. The van der Waals surface area contributed by atoms with Gasteiger partial charge in [0, 0.05) is 29.7 Å². The number of urea groups is 1. The van der Waals surface area contributed by atoms with E-state index in [0.29, 0.717) is 17.9 Å². The summed E-state index contributed by atoms with van der Waals surface area (Å²) in [5.74, 6) is -0.149. The minimum atomic E-state index is -0.269. The van der Waals surface area contributed by atoms with E-state index in [9.17, 15) is 9.59 Å². The van der Waals surface area contributed by atoms with E-state index in [1.807, 2.05) is 33.2 Å². The van der Waals surface area contributed by atoms with Crippen molar-refractivity contribution in [3.8, 4) is 0 Å². The van der Waals surface area contributed by atoms with Gasteiger partial charge in [0.1, 0.15) is 0 Å². The molecule has 2 rings (SSSR count). The first-order valence-corrected chi connectivity index (χ1v) is 9.29. The zero-order chi connectivity index (χ0) is 19.3. The van der Waals surface area contributed by atoms with E-state index in [-0.39, 0.29) is 18.0 Å². The van der Waals surface area contributed by atoms with Gasteiger partial charge in [-0.2, -0.15) is 0 Å². The molecule has 1 aromatic carbocycles. The van der Waals surface area contributed by atoms with Crippen LogP contribution in [0.4, 0.5) is 16.2 Å². The fourth-order valence-corrected chi connectivity index (χ4v) is 3.75. The Balaban J connectivity index is 2.02. The van der Waals surface area contributed by atoms with Gasteiger partial charge in [-0.15, -0.1) is 11.3 Å². The van der Waals surface area contributed by atoms with Crippen LogP contribution in [0.2, 0.25) is 0 Å². The zero-order valence-electron chi connectivity index (χ0n) is 15.8. The van der Waals surface area contributed by atoms with Gasteiger partial charge < -0.3 is 20.9 Å². The second-order valence-electron chi connectivity index (χ2n) is 6.49. The van der Waals surface area contributed by atoms with Crippen molar-refractivity contribution in [1.29, 1.82) is 0 Å². The van der Waals surface area contributed by atoms with Gasteiger partial charge >= 0.3 is 6.03 Å². The molecule has 0 radical (unpaired) electrons. The van der Waals surface area contributed by atoms with E-state index in [4.69, 9.17) is 0 Å². The highest BCUT2D eigenvalue weighted by atomic mass is 32.1. The lowest BCUT2D eigenvalue weighted by atomic mass is 10.1. The Morgan fingerprint density at radius 2 is 1.85 bits per heavy atom. The van der Waals surface area contributed by atoms with Crippen LogP contribution in [0.5, 0.6) is 0 Å². The van der Waals surface area contributed by atoms with E-state index in [2.05, 4.69) is 39.2 Å². The summed E-state index contributed by atoms with van der Waals surface area (Å²) in [6.07, 6.45) is 0. The summed E-state index contributed by atoms with van der Waals surface area (Å²) in [6, 6.07) is 7.36. The van der Waals surface area contributed by atoms with Gasteiger partial charge in [0.15, 0.2) is 0 Å². The molecule has 1 atom stereocenters. The third-order valence-corrected chi connectivity index (χ3v) is 5.21. The number of hydrogen-bond acceptors (Lipinski definition) is 4. The van der Waals surface area contributed by atoms with Crippen LogP contribution in [0, 0.1) is 13.8 Å². The maximum absolute atomic E-state index is 12.4. The van der Waals surface area contributed by atoms with Gasteiger partial charge in [-0.05, 0) is 62.6 Å². The highest BCUT2D eigenvalue weighted by Gasteiger charge is 2.18. The molecular formula is C19H26N4O2S. The maximum atomic E-state index is 12.4. The molecule has 0 saturated heterocycles. The number of hydrogen-bond donors (Lipinski definition) is 3. The predicted molar refractivity (Wildman–Crippen MR) is 108 cm³/mol. The second-order valence-corrected chi connectivity index (χ2v) is 7.44. The molecule has 140 valence electrons. The Labute approximate surface area is 158 Å². The Kier molecular flexibility index (Phi) is 6.76. The lowest BCUT2D eigenvalue weighted by molar-refractivity contribution is -0.114. The summed E-state index contributed by atoms with van der Waals surface area (Å²) in [5.41, 5.74) is 3.48. The number of anilines is 2. The summed E-state index contributed by atoms with van der Waals surface area (Å²) in [4.78, 5) is 26.9. The van der Waals surface area contributed by atoms with E-state index in [1.54, 1.807) is 17.4 Å². The average molecular weight is 375 g/mol. The number of likely N-dealkylation sites (N-methyl/N-ethyl adjacent to an activating group) is 1. The Morgan fingerprint density at radius 1 is 1.12 bits per heavy atom. The average Bonchev–Trinajstić information content (AvgIpc) is 2.96. The van der Waals surface area contributed by atoms with Gasteiger partial charge in [0.2, 0.25) is 5.91 Å². The molecule has 0 fully saturated rings. The first-order chi connectivity index (χ1) is 12.3. The second kappa shape index (κ2) is 8.82. The third kappa shape index (κ3) is 5.31. The van der Waals surface area contributed by atoms with Crippen LogP contribution in [0.3, 0.4) is 0 Å². The van der Waals surface area contributed by atoms with Crippen molar-refractivity contribution in [1.82, 2.24) is 10.2 Å². The Hall–Kier alpha value is -2.38. The van der Waals surface area contributed by atoms with Crippen molar-refractivity contribution < 1.29 is 9.59 Å². The number of benzene rings is 1. The van der Waals surface area contributed by atoms with Crippen LogP contribution in [-0.2, 0) is 4.79 Å². The molecule has 0 bridgehead atoms. The topological polar surface area (TPSA) is 73.5 Å². The van der Waals surface area contributed by atoms with Crippen LogP contribution < -0.4 is 16.0 Å². The number of amides is 3. The molecule has 1 aromatic heterocycles. The molecule has 0 aliphatic heterocycles. The summed E-state index contributed by atoms with van der Waals surface area (Å²) < 4.78 is 0. The lowest BCUT2D eigenvalue weighted by Crippen LogP contribution is -2.37. The lowest BCUT2D eigenvalue weighted by Gasteiger charge is -2.24. The van der Waals surface area contributed by atoms with Crippen LogP contribution in [0.15, 0.2) is 29.6 Å². The number of rotatable bonds is 6.